The van der Waals surface area contributed by atoms with Gasteiger partial charge in [-0.1, -0.05) is 35.9 Å². The van der Waals surface area contributed by atoms with Crippen LogP contribution in [-0.4, -0.2) is 58.1 Å². The first kappa shape index (κ1) is 22.7. The maximum absolute atomic E-state index is 12.4. The summed E-state index contributed by atoms with van der Waals surface area (Å²) in [7, 11) is 1.55. The molecule has 1 aromatic carbocycles. The van der Waals surface area contributed by atoms with Crippen molar-refractivity contribution >= 4 is 35.0 Å². The topological polar surface area (TPSA) is 72.3 Å². The minimum absolute atomic E-state index is 0.135. The Hall–Kier alpha value is -2.03. The van der Waals surface area contributed by atoms with E-state index in [0.29, 0.717) is 23.0 Å². The van der Waals surface area contributed by atoms with Crippen LogP contribution in [0.1, 0.15) is 25.1 Å². The fourth-order valence-electron chi connectivity index (χ4n) is 3.44. The molecule has 0 saturated carbocycles. The van der Waals surface area contributed by atoms with E-state index in [4.69, 9.17) is 16.3 Å². The molecule has 1 aromatic heterocycles. The number of carbonyl (C=O) groups excluding carboxylic acids is 1. The summed E-state index contributed by atoms with van der Waals surface area (Å²) in [5.74, 6) is 1.60. The number of allylic oxidation sites excluding steroid dienone is 1. The smallest absolute Gasteiger partial charge is 0.234 e. The lowest BCUT2D eigenvalue weighted by Crippen LogP contribution is -2.32. The summed E-state index contributed by atoms with van der Waals surface area (Å²) in [5.41, 5.74) is 0.626. The molecule has 1 aliphatic heterocycles. The molecule has 9 heteroatoms. The number of ether oxygens (including phenoxy) is 1. The molecular weight excluding hydrogens is 422 g/mol. The number of amides is 1. The number of benzene rings is 1. The number of rotatable bonds is 10. The van der Waals surface area contributed by atoms with Crippen molar-refractivity contribution in [3.63, 3.8) is 0 Å². The Labute approximate surface area is 186 Å². The molecule has 0 aliphatic carbocycles. The van der Waals surface area contributed by atoms with Crippen molar-refractivity contribution in [1.82, 2.24) is 19.7 Å². The first-order valence-electron chi connectivity index (χ1n) is 10.1. The Morgan fingerprint density at radius 2 is 2.13 bits per heavy atom. The molecule has 0 atom stereocenters. The Balaban J connectivity index is 1.56. The molecule has 7 nitrogen and oxygen atoms in total. The second kappa shape index (κ2) is 11.4. The van der Waals surface area contributed by atoms with Gasteiger partial charge in [0.2, 0.25) is 5.91 Å². The van der Waals surface area contributed by atoms with E-state index < -0.39 is 0 Å². The summed E-state index contributed by atoms with van der Waals surface area (Å²) in [4.78, 5) is 14.9. The molecule has 2 heterocycles. The molecule has 1 amide bonds. The number of piperidine rings is 1. The van der Waals surface area contributed by atoms with Crippen LogP contribution in [0.5, 0.6) is 5.75 Å². The fraction of sp³-hybridized carbons (Fsp3) is 0.476. The zero-order valence-corrected chi connectivity index (χ0v) is 18.8. The highest BCUT2D eigenvalue weighted by atomic mass is 35.5. The Kier molecular flexibility index (Phi) is 8.60. The van der Waals surface area contributed by atoms with Crippen LogP contribution in [0.25, 0.3) is 0 Å². The van der Waals surface area contributed by atoms with Crippen molar-refractivity contribution in [2.24, 2.45) is 0 Å². The standard InChI is InChI=1S/C21H28ClN5O2S/c1-3-10-27-19(9-13-26-11-5-4-6-12-26)24-25-21(27)30-15-20(28)23-16-7-8-18(29-2)17(22)14-16/h3,7-8,14H,1,4-6,9-13,15H2,2H3,(H,23,28). The number of hydrogen-bond donors (Lipinski definition) is 1. The average Bonchev–Trinajstić information content (AvgIpc) is 3.13. The number of nitrogens with one attached hydrogen (secondary N) is 1. The lowest BCUT2D eigenvalue weighted by atomic mass is 10.1. The summed E-state index contributed by atoms with van der Waals surface area (Å²) in [6.45, 7) is 7.77. The van der Waals surface area contributed by atoms with Crippen molar-refractivity contribution < 1.29 is 9.53 Å². The van der Waals surface area contributed by atoms with Crippen molar-refractivity contribution in [2.45, 2.75) is 37.4 Å². The Morgan fingerprint density at radius 3 is 2.83 bits per heavy atom. The van der Waals surface area contributed by atoms with Gasteiger partial charge in [0, 0.05) is 25.2 Å². The number of likely N-dealkylation sites (tertiary alicyclic amines) is 1. The van der Waals surface area contributed by atoms with E-state index in [2.05, 4.69) is 27.0 Å². The summed E-state index contributed by atoms with van der Waals surface area (Å²) in [5, 5.41) is 12.7. The van der Waals surface area contributed by atoms with Crippen LogP contribution in [0.15, 0.2) is 36.0 Å². The van der Waals surface area contributed by atoms with Gasteiger partial charge in [0.25, 0.3) is 0 Å². The largest absolute Gasteiger partial charge is 0.495 e. The zero-order chi connectivity index (χ0) is 21.3. The molecule has 3 rings (SSSR count). The normalized spacial score (nSPS) is 14.5. The third kappa shape index (κ3) is 6.23. The summed E-state index contributed by atoms with van der Waals surface area (Å²) < 4.78 is 7.17. The minimum Gasteiger partial charge on any atom is -0.495 e. The first-order chi connectivity index (χ1) is 14.6. The van der Waals surface area contributed by atoms with Crippen LogP contribution in [-0.2, 0) is 17.8 Å². The van der Waals surface area contributed by atoms with Gasteiger partial charge in [-0.25, -0.2) is 0 Å². The van der Waals surface area contributed by atoms with Crippen LogP contribution in [0, 0.1) is 0 Å². The number of halogens is 1. The third-order valence-electron chi connectivity index (χ3n) is 4.97. The summed E-state index contributed by atoms with van der Waals surface area (Å²) in [6.07, 6.45) is 6.55. The zero-order valence-electron chi connectivity index (χ0n) is 17.3. The maximum Gasteiger partial charge on any atom is 0.234 e. The van der Waals surface area contributed by atoms with E-state index in [1.807, 2.05) is 10.6 Å². The van der Waals surface area contributed by atoms with Gasteiger partial charge in [-0.15, -0.1) is 16.8 Å². The van der Waals surface area contributed by atoms with Crippen molar-refractivity contribution in [2.75, 3.05) is 37.8 Å². The van der Waals surface area contributed by atoms with Gasteiger partial charge < -0.3 is 19.5 Å². The molecule has 2 aromatic rings. The molecular formula is C21H28ClN5O2S. The Morgan fingerprint density at radius 1 is 1.33 bits per heavy atom. The monoisotopic (exact) mass is 449 g/mol. The second-order valence-electron chi connectivity index (χ2n) is 7.14. The molecule has 1 N–H and O–H groups in total. The van der Waals surface area contributed by atoms with E-state index in [0.717, 1.165) is 37.0 Å². The highest BCUT2D eigenvalue weighted by Gasteiger charge is 2.16. The van der Waals surface area contributed by atoms with Crippen LogP contribution in [0.3, 0.4) is 0 Å². The highest BCUT2D eigenvalue weighted by Crippen LogP contribution is 2.27. The summed E-state index contributed by atoms with van der Waals surface area (Å²) in [6, 6.07) is 5.15. The first-order valence-corrected chi connectivity index (χ1v) is 11.5. The highest BCUT2D eigenvalue weighted by molar-refractivity contribution is 7.99. The number of anilines is 1. The molecule has 1 aliphatic rings. The Bertz CT molecular complexity index is 867. The molecule has 1 saturated heterocycles. The lowest BCUT2D eigenvalue weighted by Gasteiger charge is -2.26. The van der Waals surface area contributed by atoms with E-state index in [1.54, 1.807) is 25.3 Å². The quantitative estimate of drug-likeness (QED) is 0.438. The van der Waals surface area contributed by atoms with Gasteiger partial charge in [0.15, 0.2) is 5.16 Å². The van der Waals surface area contributed by atoms with Gasteiger partial charge in [-0.3, -0.25) is 4.79 Å². The molecule has 0 radical (unpaired) electrons. The van der Waals surface area contributed by atoms with Gasteiger partial charge in [-0.05, 0) is 44.1 Å². The molecule has 30 heavy (non-hydrogen) atoms. The van der Waals surface area contributed by atoms with Crippen LogP contribution in [0.2, 0.25) is 5.02 Å². The number of carbonyl (C=O) groups is 1. The van der Waals surface area contributed by atoms with Crippen molar-refractivity contribution in [1.29, 1.82) is 0 Å². The summed E-state index contributed by atoms with van der Waals surface area (Å²) >= 11 is 7.48. The fourth-order valence-corrected chi connectivity index (χ4v) is 4.46. The van der Waals surface area contributed by atoms with Crippen molar-refractivity contribution in [3.05, 3.63) is 41.7 Å². The second-order valence-corrected chi connectivity index (χ2v) is 8.49. The minimum atomic E-state index is -0.135. The van der Waals surface area contributed by atoms with E-state index in [-0.39, 0.29) is 11.7 Å². The predicted molar refractivity (Wildman–Crippen MR) is 122 cm³/mol. The predicted octanol–water partition coefficient (Wildman–Crippen LogP) is 3.89. The van der Waals surface area contributed by atoms with Crippen molar-refractivity contribution in [3.8, 4) is 5.75 Å². The molecule has 162 valence electrons. The number of methoxy groups -OCH3 is 1. The van der Waals surface area contributed by atoms with Gasteiger partial charge in [0.05, 0.1) is 17.9 Å². The SMILES string of the molecule is C=CCn1c(CCN2CCCCC2)nnc1SCC(=O)Nc1ccc(OC)c(Cl)c1. The van der Waals surface area contributed by atoms with Gasteiger partial charge >= 0.3 is 0 Å². The number of hydrogen-bond acceptors (Lipinski definition) is 6. The number of aromatic nitrogens is 3. The van der Waals surface area contributed by atoms with Gasteiger partial charge in [0.1, 0.15) is 11.6 Å². The van der Waals surface area contributed by atoms with E-state index in [1.165, 1.54) is 31.0 Å². The average molecular weight is 450 g/mol. The third-order valence-corrected chi connectivity index (χ3v) is 6.24. The maximum atomic E-state index is 12.4. The number of nitrogens with zero attached hydrogens (tertiary/aromatic N) is 4. The molecule has 1 fully saturated rings. The van der Waals surface area contributed by atoms with Crippen LogP contribution >= 0.6 is 23.4 Å². The van der Waals surface area contributed by atoms with E-state index in [9.17, 15) is 4.79 Å². The molecule has 0 unspecified atom stereocenters. The molecule has 0 spiro atoms. The molecule has 0 bridgehead atoms. The lowest BCUT2D eigenvalue weighted by molar-refractivity contribution is -0.113. The van der Waals surface area contributed by atoms with E-state index >= 15 is 0 Å². The van der Waals surface area contributed by atoms with Crippen LogP contribution < -0.4 is 10.1 Å². The van der Waals surface area contributed by atoms with Gasteiger partial charge in [-0.2, -0.15) is 0 Å². The van der Waals surface area contributed by atoms with Crippen LogP contribution in [0.4, 0.5) is 5.69 Å². The number of thioether (sulfide) groups is 1.